The SMILES string of the molecule is CCc1cc(C(C=NC)=CN)ccc1C(N)=NC(=N)N1CC2(CCNCC2)C1. The van der Waals surface area contributed by atoms with Crippen LogP contribution in [0.1, 0.15) is 36.5 Å². The number of piperidine rings is 1. The zero-order valence-corrected chi connectivity index (χ0v) is 16.8. The number of nitrogens with zero attached hydrogens (tertiary/aromatic N) is 3. The Labute approximate surface area is 167 Å². The highest BCUT2D eigenvalue weighted by atomic mass is 15.3. The molecule has 1 aromatic rings. The first-order valence-electron chi connectivity index (χ1n) is 9.88. The van der Waals surface area contributed by atoms with E-state index in [1.807, 2.05) is 17.0 Å². The van der Waals surface area contributed by atoms with Crippen LogP contribution in [0.15, 0.2) is 34.4 Å². The lowest BCUT2D eigenvalue weighted by molar-refractivity contribution is 0.0260. The van der Waals surface area contributed by atoms with Gasteiger partial charge in [0.1, 0.15) is 5.84 Å². The fraction of sp³-hybridized carbons (Fsp3) is 0.476. The van der Waals surface area contributed by atoms with E-state index in [1.54, 1.807) is 19.5 Å². The first-order chi connectivity index (χ1) is 13.5. The Morgan fingerprint density at radius 1 is 1.32 bits per heavy atom. The Hall–Kier alpha value is -2.67. The van der Waals surface area contributed by atoms with E-state index in [0.717, 1.165) is 54.9 Å². The van der Waals surface area contributed by atoms with Crippen LogP contribution in [0.5, 0.6) is 0 Å². The second-order valence-corrected chi connectivity index (χ2v) is 7.66. The van der Waals surface area contributed by atoms with E-state index in [-0.39, 0.29) is 5.96 Å². The zero-order valence-electron chi connectivity index (χ0n) is 16.8. The number of aliphatic imine (C=N–C) groups is 2. The summed E-state index contributed by atoms with van der Waals surface area (Å²) in [6.45, 7) is 6.04. The first kappa shape index (κ1) is 20.1. The van der Waals surface area contributed by atoms with Crippen LogP contribution in [0.2, 0.25) is 0 Å². The number of guanidine groups is 1. The van der Waals surface area contributed by atoms with Crippen LogP contribution < -0.4 is 16.8 Å². The van der Waals surface area contributed by atoms with Crippen LogP contribution in [-0.4, -0.2) is 56.1 Å². The van der Waals surface area contributed by atoms with Gasteiger partial charge in [-0.1, -0.05) is 25.1 Å². The third-order valence-electron chi connectivity index (χ3n) is 5.79. The summed E-state index contributed by atoms with van der Waals surface area (Å²) in [4.78, 5) is 10.5. The molecule has 0 radical (unpaired) electrons. The van der Waals surface area contributed by atoms with Gasteiger partial charge < -0.3 is 21.7 Å². The molecule has 0 aliphatic carbocycles. The Bertz CT molecular complexity index is 808. The number of hydrogen-bond acceptors (Lipinski definition) is 4. The number of nitrogens with one attached hydrogen (secondary N) is 2. The van der Waals surface area contributed by atoms with Gasteiger partial charge in [0.05, 0.1) is 0 Å². The number of rotatable bonds is 4. The van der Waals surface area contributed by atoms with Gasteiger partial charge in [-0.2, -0.15) is 4.99 Å². The summed E-state index contributed by atoms with van der Waals surface area (Å²) >= 11 is 0. The van der Waals surface area contributed by atoms with Crippen molar-refractivity contribution in [2.75, 3.05) is 33.2 Å². The molecular formula is C21H31N7. The van der Waals surface area contributed by atoms with Crippen LogP contribution in [0.3, 0.4) is 0 Å². The summed E-state index contributed by atoms with van der Waals surface area (Å²) in [6.07, 6.45) is 6.45. The van der Waals surface area contributed by atoms with Crippen molar-refractivity contribution in [2.24, 2.45) is 26.9 Å². The van der Waals surface area contributed by atoms with Crippen molar-refractivity contribution in [2.45, 2.75) is 26.2 Å². The quantitative estimate of drug-likeness (QED) is 0.468. The van der Waals surface area contributed by atoms with Crippen molar-refractivity contribution in [3.8, 4) is 0 Å². The average Bonchev–Trinajstić information content (AvgIpc) is 2.70. The van der Waals surface area contributed by atoms with E-state index < -0.39 is 0 Å². The maximum Gasteiger partial charge on any atom is 0.219 e. The predicted octanol–water partition coefficient (Wildman–Crippen LogP) is 1.57. The van der Waals surface area contributed by atoms with E-state index in [4.69, 9.17) is 16.9 Å². The lowest BCUT2D eigenvalue weighted by Gasteiger charge is -2.52. The highest BCUT2D eigenvalue weighted by Crippen LogP contribution is 2.38. The molecule has 0 saturated carbocycles. The zero-order chi connectivity index (χ0) is 20.1. The second-order valence-electron chi connectivity index (χ2n) is 7.66. The molecule has 150 valence electrons. The Morgan fingerprint density at radius 2 is 2.04 bits per heavy atom. The summed E-state index contributed by atoms with van der Waals surface area (Å²) in [6, 6.07) is 5.99. The number of nitrogens with two attached hydrogens (primary N) is 2. The maximum atomic E-state index is 8.35. The molecule has 2 aliphatic heterocycles. The van der Waals surface area contributed by atoms with E-state index in [2.05, 4.69) is 28.3 Å². The molecule has 0 atom stereocenters. The molecule has 2 fully saturated rings. The highest BCUT2D eigenvalue weighted by Gasteiger charge is 2.44. The summed E-state index contributed by atoms with van der Waals surface area (Å²) in [5, 5.41) is 11.8. The van der Waals surface area contributed by atoms with Crippen LogP contribution in [0.4, 0.5) is 0 Å². The molecule has 7 nitrogen and oxygen atoms in total. The molecule has 0 bridgehead atoms. The molecular weight excluding hydrogens is 350 g/mol. The first-order valence-corrected chi connectivity index (χ1v) is 9.88. The molecule has 3 rings (SSSR count). The number of aryl methyl sites for hydroxylation is 1. The molecule has 0 amide bonds. The molecule has 2 aliphatic rings. The fourth-order valence-electron chi connectivity index (χ4n) is 4.10. The standard InChI is InChI=1S/C21H31N7/c1-3-15-10-16(17(11-22)12-25-2)4-5-18(15)19(23)27-20(24)28-13-21(14-28)6-8-26-9-7-21/h4-5,10-12,26H,3,6-9,13-14,22H2,1-2H3,(H3,23,24,27). The summed E-state index contributed by atoms with van der Waals surface area (Å²) in [5.41, 5.74) is 16.2. The van der Waals surface area contributed by atoms with Gasteiger partial charge in [0.2, 0.25) is 5.96 Å². The van der Waals surface area contributed by atoms with Gasteiger partial charge in [-0.3, -0.25) is 10.4 Å². The van der Waals surface area contributed by atoms with Gasteiger partial charge in [-0.15, -0.1) is 0 Å². The lowest BCUT2D eigenvalue weighted by atomic mass is 9.72. The molecule has 0 aromatic heterocycles. The third-order valence-corrected chi connectivity index (χ3v) is 5.79. The van der Waals surface area contributed by atoms with Gasteiger partial charge >= 0.3 is 0 Å². The van der Waals surface area contributed by atoms with Gasteiger partial charge in [0, 0.05) is 49.1 Å². The van der Waals surface area contributed by atoms with Crippen LogP contribution in [0, 0.1) is 10.8 Å². The van der Waals surface area contributed by atoms with Gasteiger partial charge in [0.15, 0.2) is 0 Å². The van der Waals surface area contributed by atoms with E-state index in [0.29, 0.717) is 11.3 Å². The summed E-state index contributed by atoms with van der Waals surface area (Å²) in [5.74, 6) is 0.649. The normalized spacial score (nSPS) is 19.9. The lowest BCUT2D eigenvalue weighted by Crippen LogP contribution is -2.61. The smallest absolute Gasteiger partial charge is 0.219 e. The van der Waals surface area contributed by atoms with E-state index in [1.165, 1.54) is 12.8 Å². The average molecular weight is 382 g/mol. The molecule has 0 unspecified atom stereocenters. The molecule has 1 spiro atoms. The minimum Gasteiger partial charge on any atom is -0.404 e. The summed E-state index contributed by atoms with van der Waals surface area (Å²) < 4.78 is 0. The minimum absolute atomic E-state index is 0.258. The molecule has 2 heterocycles. The van der Waals surface area contributed by atoms with Crippen LogP contribution in [0.25, 0.3) is 5.57 Å². The molecule has 7 heteroatoms. The number of benzene rings is 1. The number of allylic oxidation sites excluding steroid dienone is 1. The number of amidine groups is 1. The van der Waals surface area contributed by atoms with Crippen molar-refractivity contribution in [1.82, 2.24) is 10.2 Å². The van der Waals surface area contributed by atoms with E-state index in [9.17, 15) is 0 Å². The highest BCUT2D eigenvalue weighted by molar-refractivity contribution is 6.10. The van der Waals surface area contributed by atoms with Crippen molar-refractivity contribution in [3.63, 3.8) is 0 Å². The number of likely N-dealkylation sites (tertiary alicyclic amines) is 1. The Kier molecular flexibility index (Phi) is 6.14. The number of hydrogen-bond donors (Lipinski definition) is 4. The third kappa shape index (κ3) is 4.09. The Morgan fingerprint density at radius 3 is 2.64 bits per heavy atom. The molecule has 6 N–H and O–H groups in total. The topological polar surface area (TPSA) is 116 Å². The van der Waals surface area contributed by atoms with Crippen molar-refractivity contribution in [3.05, 3.63) is 41.1 Å². The van der Waals surface area contributed by atoms with Gasteiger partial charge in [-0.05, 0) is 43.5 Å². The Balaban J connectivity index is 1.74. The van der Waals surface area contributed by atoms with Gasteiger partial charge in [-0.25, -0.2) is 0 Å². The van der Waals surface area contributed by atoms with Gasteiger partial charge in [0.25, 0.3) is 0 Å². The van der Waals surface area contributed by atoms with Crippen LogP contribution in [-0.2, 0) is 6.42 Å². The maximum absolute atomic E-state index is 8.35. The largest absolute Gasteiger partial charge is 0.404 e. The molecule has 1 aromatic carbocycles. The van der Waals surface area contributed by atoms with Crippen molar-refractivity contribution >= 4 is 23.6 Å². The minimum atomic E-state index is 0.258. The van der Waals surface area contributed by atoms with Crippen molar-refractivity contribution in [1.29, 1.82) is 5.41 Å². The van der Waals surface area contributed by atoms with Crippen molar-refractivity contribution < 1.29 is 0 Å². The van der Waals surface area contributed by atoms with E-state index >= 15 is 0 Å². The molecule has 28 heavy (non-hydrogen) atoms. The monoisotopic (exact) mass is 381 g/mol. The predicted molar refractivity (Wildman–Crippen MR) is 117 cm³/mol. The molecule has 2 saturated heterocycles. The fourth-order valence-corrected chi connectivity index (χ4v) is 4.10. The second kappa shape index (κ2) is 8.56. The summed E-state index contributed by atoms with van der Waals surface area (Å²) in [7, 11) is 1.72. The van der Waals surface area contributed by atoms with Crippen LogP contribution >= 0.6 is 0 Å².